The zero-order valence-electron chi connectivity index (χ0n) is 11.7. The Labute approximate surface area is 135 Å². The number of alkyl halides is 3. The van der Waals surface area contributed by atoms with E-state index in [0.717, 1.165) is 6.07 Å². The first-order valence-electron chi connectivity index (χ1n) is 6.54. The summed E-state index contributed by atoms with van der Waals surface area (Å²) in [7, 11) is 0. The molecule has 0 radical (unpaired) electrons. The van der Waals surface area contributed by atoms with E-state index in [1.54, 1.807) is 24.3 Å². The van der Waals surface area contributed by atoms with Crippen LogP contribution in [0.1, 0.15) is 11.1 Å². The minimum Gasteiger partial charge on any atom is -0.381 e. The number of halogens is 4. The van der Waals surface area contributed by atoms with Crippen molar-refractivity contribution >= 4 is 29.1 Å². The fourth-order valence-corrected chi connectivity index (χ4v) is 2.29. The van der Waals surface area contributed by atoms with Crippen LogP contribution in [0.5, 0.6) is 0 Å². The fraction of sp³-hybridized carbons (Fsp3) is 0.133. The number of imidazole rings is 1. The molecular weight excluding hydrogens is 331 g/mol. The van der Waals surface area contributed by atoms with Gasteiger partial charge in [0.2, 0.25) is 0 Å². The number of benzene rings is 2. The summed E-state index contributed by atoms with van der Waals surface area (Å²) in [5.74, 6) is 0. The van der Waals surface area contributed by atoms with E-state index in [1.807, 2.05) is 0 Å². The molecule has 3 aromatic rings. The van der Waals surface area contributed by atoms with Crippen LogP contribution in [0, 0.1) is 0 Å². The maximum Gasteiger partial charge on any atom is 0.416 e. The van der Waals surface area contributed by atoms with Crippen molar-refractivity contribution in [3.63, 3.8) is 0 Å². The number of aromatic nitrogens is 2. The average Bonchev–Trinajstić information content (AvgIpc) is 2.83. The molecule has 0 amide bonds. The van der Waals surface area contributed by atoms with Gasteiger partial charge >= 0.3 is 11.9 Å². The lowest BCUT2D eigenvalue weighted by molar-refractivity contribution is -0.138. The summed E-state index contributed by atoms with van der Waals surface area (Å²) in [6.07, 6.45) is -4.38. The Morgan fingerprint density at radius 1 is 1.00 bits per heavy atom. The number of nitrogens with one attached hydrogen (secondary N) is 3. The lowest BCUT2D eigenvalue weighted by atomic mass is 10.1. The third kappa shape index (κ3) is 3.68. The summed E-state index contributed by atoms with van der Waals surface area (Å²) in [4.78, 5) is 16.4. The van der Waals surface area contributed by atoms with E-state index in [9.17, 15) is 18.0 Å². The van der Waals surface area contributed by atoms with E-state index in [0.29, 0.717) is 16.7 Å². The van der Waals surface area contributed by atoms with Crippen LogP contribution in [0.15, 0.2) is 47.3 Å². The second-order valence-corrected chi connectivity index (χ2v) is 4.85. The monoisotopic (exact) mass is 343 g/mol. The Balaban J connectivity index is 0.00000192. The highest BCUT2D eigenvalue weighted by molar-refractivity contribution is 5.85. The van der Waals surface area contributed by atoms with Crippen LogP contribution in [0.25, 0.3) is 11.0 Å². The quantitative estimate of drug-likeness (QED) is 0.675. The van der Waals surface area contributed by atoms with Crippen LogP contribution in [0.3, 0.4) is 0 Å². The molecule has 0 fully saturated rings. The molecule has 0 aliphatic heterocycles. The Bertz CT molecular complexity index is 870. The molecule has 0 aliphatic rings. The lowest BCUT2D eigenvalue weighted by Crippen LogP contribution is -2.11. The third-order valence-electron chi connectivity index (χ3n) is 3.32. The fourth-order valence-electron chi connectivity index (χ4n) is 2.29. The summed E-state index contributed by atoms with van der Waals surface area (Å²) < 4.78 is 38.7. The molecule has 0 unspecified atom stereocenters. The molecule has 122 valence electrons. The van der Waals surface area contributed by atoms with Gasteiger partial charge in [-0.25, -0.2) is 4.79 Å². The standard InChI is InChI=1S/C15H12F3N3O.ClH/c16-15(17,18)11-4-2-1-3-9(11)8-19-10-5-6-12-13(7-10)21-14(22)20-12;/h1-7,19H,8H2,(H2,20,21,22);1H. The molecule has 0 saturated heterocycles. The molecule has 23 heavy (non-hydrogen) atoms. The van der Waals surface area contributed by atoms with E-state index in [4.69, 9.17) is 0 Å². The maximum atomic E-state index is 12.9. The van der Waals surface area contributed by atoms with Crippen molar-refractivity contribution in [1.82, 2.24) is 9.97 Å². The highest BCUT2D eigenvalue weighted by Crippen LogP contribution is 2.32. The molecule has 1 heterocycles. The van der Waals surface area contributed by atoms with Crippen molar-refractivity contribution in [2.45, 2.75) is 12.7 Å². The SMILES string of the molecule is Cl.O=c1[nH]c2ccc(NCc3ccccc3C(F)(F)F)cc2[nH]1. The van der Waals surface area contributed by atoms with Crippen LogP contribution in [-0.4, -0.2) is 9.97 Å². The molecule has 8 heteroatoms. The molecule has 3 rings (SSSR count). The second kappa shape index (κ2) is 6.37. The van der Waals surface area contributed by atoms with Gasteiger partial charge in [-0.15, -0.1) is 12.4 Å². The van der Waals surface area contributed by atoms with Gasteiger partial charge in [-0.1, -0.05) is 18.2 Å². The Hall–Kier alpha value is -2.41. The second-order valence-electron chi connectivity index (χ2n) is 4.85. The highest BCUT2D eigenvalue weighted by Gasteiger charge is 2.32. The van der Waals surface area contributed by atoms with Crippen LogP contribution in [0.2, 0.25) is 0 Å². The Morgan fingerprint density at radius 3 is 2.43 bits per heavy atom. The van der Waals surface area contributed by atoms with Crippen molar-refractivity contribution in [3.8, 4) is 0 Å². The first-order chi connectivity index (χ1) is 10.4. The minimum absolute atomic E-state index is 0. The zero-order chi connectivity index (χ0) is 15.7. The van der Waals surface area contributed by atoms with Gasteiger partial charge in [0, 0.05) is 12.2 Å². The number of hydrogen-bond acceptors (Lipinski definition) is 2. The first kappa shape index (κ1) is 17.0. The first-order valence-corrected chi connectivity index (χ1v) is 6.54. The molecule has 2 aromatic carbocycles. The van der Waals surface area contributed by atoms with Gasteiger partial charge < -0.3 is 15.3 Å². The average molecular weight is 344 g/mol. The van der Waals surface area contributed by atoms with Crippen LogP contribution in [-0.2, 0) is 12.7 Å². The van der Waals surface area contributed by atoms with Crippen LogP contribution < -0.4 is 11.0 Å². The van der Waals surface area contributed by atoms with Crippen molar-refractivity contribution in [3.05, 3.63) is 64.1 Å². The van der Waals surface area contributed by atoms with Gasteiger partial charge in [0.25, 0.3) is 0 Å². The smallest absolute Gasteiger partial charge is 0.381 e. The summed E-state index contributed by atoms with van der Waals surface area (Å²) in [6.45, 7) is 0.0375. The molecule has 0 bridgehead atoms. The van der Waals surface area contributed by atoms with Gasteiger partial charge in [0.15, 0.2) is 0 Å². The predicted molar refractivity (Wildman–Crippen MR) is 84.9 cm³/mol. The van der Waals surface area contributed by atoms with Crippen LogP contribution >= 0.6 is 12.4 Å². The van der Waals surface area contributed by atoms with Gasteiger partial charge in [0.05, 0.1) is 16.6 Å². The van der Waals surface area contributed by atoms with Gasteiger partial charge in [-0.2, -0.15) is 13.2 Å². The van der Waals surface area contributed by atoms with Crippen molar-refractivity contribution in [2.24, 2.45) is 0 Å². The number of aromatic amines is 2. The van der Waals surface area contributed by atoms with Crippen LogP contribution in [0.4, 0.5) is 18.9 Å². The summed E-state index contributed by atoms with van der Waals surface area (Å²) in [5, 5.41) is 2.94. The Kier molecular flexibility index (Phi) is 4.70. The van der Waals surface area contributed by atoms with Crippen molar-refractivity contribution in [1.29, 1.82) is 0 Å². The summed E-state index contributed by atoms with van der Waals surface area (Å²) in [5.41, 5.74) is 1.05. The molecule has 3 N–H and O–H groups in total. The van der Waals surface area contributed by atoms with E-state index in [2.05, 4.69) is 15.3 Å². The predicted octanol–water partition coefficient (Wildman–Crippen LogP) is 3.91. The Morgan fingerprint density at radius 2 is 1.70 bits per heavy atom. The third-order valence-corrected chi connectivity index (χ3v) is 3.32. The normalized spacial score (nSPS) is 11.3. The number of H-pyrrole nitrogens is 2. The molecule has 0 saturated carbocycles. The van der Waals surface area contributed by atoms with E-state index in [1.165, 1.54) is 12.1 Å². The van der Waals surface area contributed by atoms with E-state index < -0.39 is 11.7 Å². The van der Waals surface area contributed by atoms with E-state index in [-0.39, 0.29) is 30.2 Å². The van der Waals surface area contributed by atoms with Gasteiger partial charge in [-0.05, 0) is 29.8 Å². The highest BCUT2D eigenvalue weighted by atomic mass is 35.5. The minimum atomic E-state index is -4.38. The number of hydrogen-bond donors (Lipinski definition) is 3. The van der Waals surface area contributed by atoms with Crippen molar-refractivity contribution in [2.75, 3.05) is 5.32 Å². The molecular formula is C15H13ClF3N3O. The number of fused-ring (bicyclic) bond motifs is 1. The lowest BCUT2D eigenvalue weighted by Gasteiger charge is -2.13. The van der Waals surface area contributed by atoms with Gasteiger partial charge in [0.1, 0.15) is 0 Å². The number of rotatable bonds is 3. The maximum absolute atomic E-state index is 12.9. The molecule has 0 spiro atoms. The molecule has 4 nitrogen and oxygen atoms in total. The van der Waals surface area contributed by atoms with Crippen molar-refractivity contribution < 1.29 is 13.2 Å². The topological polar surface area (TPSA) is 60.7 Å². The van der Waals surface area contributed by atoms with E-state index >= 15 is 0 Å². The molecule has 0 aliphatic carbocycles. The summed E-state index contributed by atoms with van der Waals surface area (Å²) >= 11 is 0. The molecule has 0 atom stereocenters. The molecule has 1 aromatic heterocycles. The summed E-state index contributed by atoms with van der Waals surface area (Å²) in [6, 6.07) is 10.5. The van der Waals surface area contributed by atoms with Gasteiger partial charge in [-0.3, -0.25) is 0 Å². The largest absolute Gasteiger partial charge is 0.416 e. The number of anilines is 1. The zero-order valence-corrected chi connectivity index (χ0v) is 12.5.